The summed E-state index contributed by atoms with van der Waals surface area (Å²) in [4.78, 5) is 24.4. The summed E-state index contributed by atoms with van der Waals surface area (Å²) in [5, 5.41) is 11.7. The number of rotatable bonds is 4. The highest BCUT2D eigenvalue weighted by Gasteiger charge is 2.28. The van der Waals surface area contributed by atoms with Crippen LogP contribution in [0.2, 0.25) is 0 Å². The Morgan fingerprint density at radius 2 is 2.24 bits per heavy atom. The number of carboxylic acids is 1. The van der Waals surface area contributed by atoms with Crippen LogP contribution in [0.5, 0.6) is 5.75 Å². The molecule has 0 aromatic heterocycles. The quantitative estimate of drug-likeness (QED) is 0.853. The number of carboxylic acid groups (broad SMARTS) is 1. The van der Waals surface area contributed by atoms with Gasteiger partial charge < -0.3 is 24.8 Å². The van der Waals surface area contributed by atoms with Gasteiger partial charge in [-0.15, -0.1) is 0 Å². The fraction of sp³-hybridized carbons (Fsp3) is 0.429. The van der Waals surface area contributed by atoms with E-state index in [2.05, 4.69) is 5.32 Å². The van der Waals surface area contributed by atoms with Crippen molar-refractivity contribution in [1.82, 2.24) is 10.2 Å². The molecule has 2 rings (SSSR count). The van der Waals surface area contributed by atoms with Crippen molar-refractivity contribution in [2.24, 2.45) is 0 Å². The van der Waals surface area contributed by atoms with Gasteiger partial charge in [-0.1, -0.05) is 18.2 Å². The van der Waals surface area contributed by atoms with Crippen LogP contribution in [0.3, 0.4) is 0 Å². The molecule has 0 radical (unpaired) electrons. The summed E-state index contributed by atoms with van der Waals surface area (Å²) in [5.41, 5.74) is 0.858. The molecule has 114 valence electrons. The van der Waals surface area contributed by atoms with Gasteiger partial charge in [0.1, 0.15) is 5.75 Å². The molecule has 7 nitrogen and oxygen atoms in total. The van der Waals surface area contributed by atoms with E-state index in [9.17, 15) is 9.59 Å². The van der Waals surface area contributed by atoms with Crippen LogP contribution >= 0.6 is 0 Å². The third kappa shape index (κ3) is 3.85. The summed E-state index contributed by atoms with van der Waals surface area (Å²) < 4.78 is 10.3. The minimum atomic E-state index is -1.06. The number of nitrogens with one attached hydrogen (secondary N) is 1. The molecule has 21 heavy (non-hydrogen) atoms. The smallest absolute Gasteiger partial charge is 0.334 e. The van der Waals surface area contributed by atoms with E-state index in [0.717, 1.165) is 5.56 Å². The molecule has 1 unspecified atom stereocenters. The first-order valence-electron chi connectivity index (χ1n) is 6.61. The van der Waals surface area contributed by atoms with Crippen molar-refractivity contribution in [3.63, 3.8) is 0 Å². The van der Waals surface area contributed by atoms with Crippen LogP contribution in [0.1, 0.15) is 5.56 Å². The van der Waals surface area contributed by atoms with E-state index in [0.29, 0.717) is 18.8 Å². The van der Waals surface area contributed by atoms with Crippen molar-refractivity contribution in [3.05, 3.63) is 29.8 Å². The number of morpholine rings is 1. The third-order valence-electron chi connectivity index (χ3n) is 3.25. The number of hydrogen-bond acceptors (Lipinski definition) is 4. The summed E-state index contributed by atoms with van der Waals surface area (Å²) in [7, 11) is 1.57. The molecule has 1 aromatic carbocycles. The molecule has 1 heterocycles. The summed E-state index contributed by atoms with van der Waals surface area (Å²) in [6, 6.07) is 7.08. The highest BCUT2D eigenvalue weighted by Crippen LogP contribution is 2.16. The van der Waals surface area contributed by atoms with Gasteiger partial charge in [0.15, 0.2) is 6.10 Å². The van der Waals surface area contributed by atoms with Gasteiger partial charge in [-0.05, 0) is 6.07 Å². The Hall–Kier alpha value is -2.28. The number of carbonyl (C=O) groups excluding carboxylic acids is 1. The van der Waals surface area contributed by atoms with Gasteiger partial charge in [-0.25, -0.2) is 9.59 Å². The number of ether oxygens (including phenoxy) is 2. The number of hydrogen-bond donors (Lipinski definition) is 2. The number of benzene rings is 1. The number of amides is 2. The molecular weight excluding hydrogens is 276 g/mol. The monoisotopic (exact) mass is 294 g/mol. The van der Waals surface area contributed by atoms with E-state index in [1.54, 1.807) is 7.11 Å². The van der Waals surface area contributed by atoms with E-state index in [1.165, 1.54) is 4.90 Å². The van der Waals surface area contributed by atoms with Crippen LogP contribution in [0.15, 0.2) is 24.3 Å². The fourth-order valence-corrected chi connectivity index (χ4v) is 2.11. The minimum Gasteiger partial charge on any atom is -0.496 e. The highest BCUT2D eigenvalue weighted by molar-refractivity contribution is 5.77. The van der Waals surface area contributed by atoms with Gasteiger partial charge in [0, 0.05) is 18.7 Å². The van der Waals surface area contributed by atoms with Crippen molar-refractivity contribution in [2.45, 2.75) is 12.6 Å². The Bertz CT molecular complexity index is 520. The van der Waals surface area contributed by atoms with E-state index >= 15 is 0 Å². The molecule has 2 N–H and O–H groups in total. The van der Waals surface area contributed by atoms with Gasteiger partial charge in [0.05, 0.1) is 20.3 Å². The predicted molar refractivity (Wildman–Crippen MR) is 74.2 cm³/mol. The maximum atomic E-state index is 12.1. The van der Waals surface area contributed by atoms with Crippen LogP contribution in [0.4, 0.5) is 4.79 Å². The van der Waals surface area contributed by atoms with Crippen molar-refractivity contribution in [2.75, 3.05) is 26.8 Å². The fourth-order valence-electron chi connectivity index (χ4n) is 2.11. The Kier molecular flexibility index (Phi) is 4.99. The molecule has 1 aliphatic rings. The van der Waals surface area contributed by atoms with Crippen LogP contribution < -0.4 is 10.1 Å². The summed E-state index contributed by atoms with van der Waals surface area (Å²) in [5.74, 6) is -0.361. The Balaban J connectivity index is 1.91. The lowest BCUT2D eigenvalue weighted by Gasteiger charge is -2.30. The third-order valence-corrected chi connectivity index (χ3v) is 3.25. The average molecular weight is 294 g/mol. The molecule has 1 atom stereocenters. The van der Waals surface area contributed by atoms with E-state index < -0.39 is 12.1 Å². The van der Waals surface area contributed by atoms with Crippen LogP contribution in [0, 0.1) is 0 Å². The standard InChI is InChI=1S/C14H18N2O5/c1-20-11-5-3-2-4-10(11)8-15-14(19)16-6-7-21-12(9-16)13(17)18/h2-5,12H,6-9H2,1H3,(H,15,19)(H,17,18). The second-order valence-corrected chi connectivity index (χ2v) is 4.61. The number of methoxy groups -OCH3 is 1. The molecule has 0 aliphatic carbocycles. The summed E-state index contributed by atoms with van der Waals surface area (Å²) in [6.45, 7) is 0.964. The van der Waals surface area contributed by atoms with Gasteiger partial charge in [-0.2, -0.15) is 0 Å². The Morgan fingerprint density at radius 3 is 2.95 bits per heavy atom. The lowest BCUT2D eigenvalue weighted by molar-refractivity contribution is -0.154. The lowest BCUT2D eigenvalue weighted by Crippen LogP contribution is -2.51. The first kappa shape index (κ1) is 15.1. The van der Waals surface area contributed by atoms with Crippen LogP contribution in [-0.2, 0) is 16.1 Å². The first-order valence-corrected chi connectivity index (χ1v) is 6.61. The van der Waals surface area contributed by atoms with Gasteiger partial charge in [-0.3, -0.25) is 0 Å². The van der Waals surface area contributed by atoms with E-state index in [-0.39, 0.29) is 19.2 Å². The van der Waals surface area contributed by atoms with Crippen LogP contribution in [0.25, 0.3) is 0 Å². The molecule has 1 aromatic rings. The van der Waals surface area contributed by atoms with Gasteiger partial charge >= 0.3 is 12.0 Å². The Morgan fingerprint density at radius 1 is 1.48 bits per heavy atom. The second-order valence-electron chi connectivity index (χ2n) is 4.61. The Labute approximate surface area is 122 Å². The second kappa shape index (κ2) is 6.94. The minimum absolute atomic E-state index is 0.0487. The molecular formula is C14H18N2O5. The summed E-state index contributed by atoms with van der Waals surface area (Å²) in [6.07, 6.45) is -0.962. The zero-order valence-electron chi connectivity index (χ0n) is 11.7. The molecule has 0 saturated carbocycles. The molecule has 1 aliphatic heterocycles. The highest BCUT2D eigenvalue weighted by atomic mass is 16.5. The molecule has 2 amide bonds. The number of urea groups is 1. The molecule has 0 spiro atoms. The molecule has 1 saturated heterocycles. The van der Waals surface area contributed by atoms with Crippen molar-refractivity contribution < 1.29 is 24.2 Å². The van der Waals surface area contributed by atoms with Crippen molar-refractivity contribution in [3.8, 4) is 5.75 Å². The number of carbonyl (C=O) groups is 2. The van der Waals surface area contributed by atoms with Crippen molar-refractivity contribution >= 4 is 12.0 Å². The molecule has 7 heteroatoms. The zero-order valence-corrected chi connectivity index (χ0v) is 11.7. The van der Waals surface area contributed by atoms with Crippen molar-refractivity contribution in [1.29, 1.82) is 0 Å². The number of para-hydroxylation sites is 1. The average Bonchev–Trinajstić information content (AvgIpc) is 2.52. The maximum absolute atomic E-state index is 12.1. The van der Waals surface area contributed by atoms with Gasteiger partial charge in [0.2, 0.25) is 0 Å². The summed E-state index contributed by atoms with van der Waals surface area (Å²) >= 11 is 0. The topological polar surface area (TPSA) is 88.1 Å². The predicted octanol–water partition coefficient (Wildman–Crippen LogP) is 0.690. The van der Waals surface area contributed by atoms with E-state index in [4.69, 9.17) is 14.6 Å². The first-order chi connectivity index (χ1) is 10.1. The SMILES string of the molecule is COc1ccccc1CNC(=O)N1CCOC(C(=O)O)C1. The van der Waals surface area contributed by atoms with Crippen LogP contribution in [-0.4, -0.2) is 54.9 Å². The number of aliphatic carboxylic acids is 1. The zero-order chi connectivity index (χ0) is 15.2. The number of nitrogens with zero attached hydrogens (tertiary/aromatic N) is 1. The lowest BCUT2D eigenvalue weighted by atomic mass is 10.2. The molecule has 0 bridgehead atoms. The largest absolute Gasteiger partial charge is 0.496 e. The van der Waals surface area contributed by atoms with Gasteiger partial charge in [0.25, 0.3) is 0 Å². The normalized spacial score (nSPS) is 18.1. The molecule has 1 fully saturated rings. The van der Waals surface area contributed by atoms with E-state index in [1.807, 2.05) is 24.3 Å². The maximum Gasteiger partial charge on any atom is 0.334 e.